The monoisotopic (exact) mass is 254 g/mol. The molecule has 0 aliphatic heterocycles. The van der Waals surface area contributed by atoms with Crippen LogP contribution in [0.25, 0.3) is 0 Å². The van der Waals surface area contributed by atoms with Crippen molar-refractivity contribution in [2.24, 2.45) is 0 Å². The first-order valence-corrected chi connectivity index (χ1v) is 6.89. The fraction of sp³-hybridized carbons (Fsp3) is 0.462. The van der Waals surface area contributed by atoms with E-state index < -0.39 is 10.8 Å². The maximum Gasteiger partial charge on any atom is 0.305 e. The number of aryl methyl sites for hydroxylation is 2. The van der Waals surface area contributed by atoms with Crippen molar-refractivity contribution in [1.29, 1.82) is 0 Å². The minimum atomic E-state index is -1.03. The first-order valence-electron chi connectivity index (χ1n) is 5.57. The molecule has 0 saturated carbocycles. The highest BCUT2D eigenvalue weighted by Gasteiger charge is 2.07. The van der Waals surface area contributed by atoms with Gasteiger partial charge in [-0.05, 0) is 43.5 Å². The summed E-state index contributed by atoms with van der Waals surface area (Å²) in [7, 11) is 0.336. The molecule has 17 heavy (non-hydrogen) atoms. The van der Waals surface area contributed by atoms with Gasteiger partial charge in [0.15, 0.2) is 0 Å². The highest BCUT2D eigenvalue weighted by atomic mass is 32.2. The molecule has 0 N–H and O–H groups in total. The summed E-state index contributed by atoms with van der Waals surface area (Å²) in [6, 6.07) is 5.81. The van der Waals surface area contributed by atoms with Crippen molar-refractivity contribution in [3.63, 3.8) is 0 Å². The topological polar surface area (TPSA) is 43.4 Å². The van der Waals surface area contributed by atoms with Crippen molar-refractivity contribution in [3.05, 3.63) is 29.3 Å². The summed E-state index contributed by atoms with van der Waals surface area (Å²) in [5.41, 5.74) is 2.34. The van der Waals surface area contributed by atoms with Crippen LogP contribution in [0.3, 0.4) is 0 Å². The van der Waals surface area contributed by atoms with Gasteiger partial charge in [-0.1, -0.05) is 6.07 Å². The molecule has 1 aromatic carbocycles. The largest absolute Gasteiger partial charge is 0.469 e. The van der Waals surface area contributed by atoms with Crippen LogP contribution in [0.15, 0.2) is 23.1 Å². The van der Waals surface area contributed by atoms with Gasteiger partial charge in [0, 0.05) is 17.1 Å². The van der Waals surface area contributed by atoms with E-state index in [2.05, 4.69) is 4.74 Å². The lowest BCUT2D eigenvalue weighted by molar-refractivity contribution is -0.140. The van der Waals surface area contributed by atoms with Crippen molar-refractivity contribution in [3.8, 4) is 0 Å². The fourth-order valence-corrected chi connectivity index (χ4v) is 2.59. The molecule has 94 valence electrons. The van der Waals surface area contributed by atoms with Crippen LogP contribution in [0.2, 0.25) is 0 Å². The molecule has 0 saturated heterocycles. The summed E-state index contributed by atoms with van der Waals surface area (Å²) in [6.07, 6.45) is 0.916. The molecule has 0 bridgehead atoms. The van der Waals surface area contributed by atoms with Crippen LogP contribution in [0, 0.1) is 13.8 Å². The third-order valence-corrected chi connectivity index (χ3v) is 4.12. The number of benzene rings is 1. The Morgan fingerprint density at radius 3 is 2.59 bits per heavy atom. The van der Waals surface area contributed by atoms with Crippen LogP contribution in [0.1, 0.15) is 24.0 Å². The van der Waals surface area contributed by atoms with E-state index in [-0.39, 0.29) is 5.97 Å². The summed E-state index contributed by atoms with van der Waals surface area (Å²) in [5.74, 6) is 0.250. The lowest BCUT2D eigenvalue weighted by Crippen LogP contribution is -2.04. The predicted octanol–water partition coefficient (Wildman–Crippen LogP) is 2.36. The Labute approximate surface area is 105 Å². The van der Waals surface area contributed by atoms with E-state index >= 15 is 0 Å². The first-order chi connectivity index (χ1) is 8.04. The summed E-state index contributed by atoms with van der Waals surface area (Å²) in [6.45, 7) is 4.03. The Kier molecular flexibility index (Phi) is 5.35. The molecule has 1 rings (SSSR count). The second kappa shape index (κ2) is 6.55. The second-order valence-corrected chi connectivity index (χ2v) is 5.55. The van der Waals surface area contributed by atoms with Gasteiger partial charge in [0.25, 0.3) is 0 Å². The number of ether oxygens (including phenoxy) is 1. The zero-order valence-corrected chi connectivity index (χ0v) is 11.3. The molecule has 1 unspecified atom stereocenters. The zero-order valence-electron chi connectivity index (χ0n) is 10.5. The summed E-state index contributed by atoms with van der Waals surface area (Å²) in [5, 5.41) is 0. The second-order valence-electron chi connectivity index (χ2n) is 3.98. The number of methoxy groups -OCH3 is 1. The number of hydrogen-bond acceptors (Lipinski definition) is 3. The number of rotatable bonds is 5. The molecule has 0 aliphatic carbocycles. The van der Waals surface area contributed by atoms with Crippen LogP contribution in [-0.4, -0.2) is 23.0 Å². The van der Waals surface area contributed by atoms with Crippen molar-refractivity contribution < 1.29 is 13.7 Å². The van der Waals surface area contributed by atoms with Gasteiger partial charge in [-0.2, -0.15) is 0 Å². The maximum atomic E-state index is 11.9. The number of carbonyl (C=O) groups is 1. The highest BCUT2D eigenvalue weighted by Crippen LogP contribution is 2.14. The first kappa shape index (κ1) is 13.9. The van der Waals surface area contributed by atoms with E-state index in [9.17, 15) is 9.00 Å². The van der Waals surface area contributed by atoms with E-state index in [0.29, 0.717) is 18.6 Å². The molecule has 0 fully saturated rings. The molecular weight excluding hydrogens is 236 g/mol. The summed E-state index contributed by atoms with van der Waals surface area (Å²) >= 11 is 0. The minimum Gasteiger partial charge on any atom is -0.469 e. The third kappa shape index (κ3) is 4.30. The van der Waals surface area contributed by atoms with Crippen LogP contribution in [0.4, 0.5) is 0 Å². The molecule has 0 aromatic heterocycles. The van der Waals surface area contributed by atoms with Crippen LogP contribution < -0.4 is 0 Å². The van der Waals surface area contributed by atoms with Gasteiger partial charge >= 0.3 is 5.97 Å². The van der Waals surface area contributed by atoms with E-state index in [1.165, 1.54) is 12.7 Å². The molecule has 0 aliphatic rings. The smallest absolute Gasteiger partial charge is 0.305 e. The molecule has 1 atom stereocenters. The molecule has 0 amide bonds. The van der Waals surface area contributed by atoms with E-state index in [1.54, 1.807) is 0 Å². The normalized spacial score (nSPS) is 12.2. The molecule has 0 heterocycles. The Bertz CT molecular complexity index is 427. The van der Waals surface area contributed by atoms with E-state index in [4.69, 9.17) is 0 Å². The molecule has 3 nitrogen and oxygen atoms in total. The maximum absolute atomic E-state index is 11.9. The lowest BCUT2D eigenvalue weighted by Gasteiger charge is -2.05. The highest BCUT2D eigenvalue weighted by molar-refractivity contribution is 7.85. The summed E-state index contributed by atoms with van der Waals surface area (Å²) < 4.78 is 16.5. The SMILES string of the molecule is COC(=O)CCCS(=O)c1ccc(C)c(C)c1. The molecule has 1 aromatic rings. The van der Waals surface area contributed by atoms with Crippen molar-refractivity contribution in [2.45, 2.75) is 31.6 Å². The standard InChI is InChI=1S/C13H18O3S/c1-10-6-7-12(9-11(10)2)17(15)8-4-5-13(14)16-3/h6-7,9H,4-5,8H2,1-3H3. The molecule has 0 spiro atoms. The number of hydrogen-bond donors (Lipinski definition) is 0. The van der Waals surface area contributed by atoms with E-state index in [0.717, 1.165) is 10.5 Å². The Morgan fingerprint density at radius 1 is 1.29 bits per heavy atom. The third-order valence-electron chi connectivity index (χ3n) is 2.68. The Hall–Kier alpha value is -1.16. The summed E-state index contributed by atoms with van der Waals surface area (Å²) in [4.78, 5) is 11.7. The van der Waals surface area contributed by atoms with Gasteiger partial charge in [-0.3, -0.25) is 9.00 Å². The minimum absolute atomic E-state index is 0.248. The van der Waals surface area contributed by atoms with Crippen LogP contribution in [0.5, 0.6) is 0 Å². The molecule has 4 heteroatoms. The molecule has 0 radical (unpaired) electrons. The number of esters is 1. The van der Waals surface area contributed by atoms with Gasteiger partial charge < -0.3 is 4.74 Å². The zero-order chi connectivity index (χ0) is 12.8. The van der Waals surface area contributed by atoms with Crippen molar-refractivity contribution in [1.82, 2.24) is 0 Å². The average molecular weight is 254 g/mol. The van der Waals surface area contributed by atoms with Crippen molar-refractivity contribution in [2.75, 3.05) is 12.9 Å². The van der Waals surface area contributed by atoms with E-state index in [1.807, 2.05) is 32.0 Å². The quantitative estimate of drug-likeness (QED) is 0.758. The Morgan fingerprint density at radius 2 is 2.00 bits per heavy atom. The van der Waals surface area contributed by atoms with Crippen molar-refractivity contribution >= 4 is 16.8 Å². The average Bonchev–Trinajstić information content (AvgIpc) is 2.32. The number of carbonyl (C=O) groups excluding carboxylic acids is 1. The molecular formula is C13H18O3S. The fourth-order valence-electron chi connectivity index (χ4n) is 1.42. The lowest BCUT2D eigenvalue weighted by atomic mass is 10.1. The van der Waals surface area contributed by atoms with Gasteiger partial charge in [-0.15, -0.1) is 0 Å². The van der Waals surface area contributed by atoms with Gasteiger partial charge in [0.05, 0.1) is 17.9 Å². The van der Waals surface area contributed by atoms with Crippen LogP contribution >= 0.6 is 0 Å². The van der Waals surface area contributed by atoms with Gasteiger partial charge in [0.1, 0.15) is 0 Å². The van der Waals surface area contributed by atoms with Gasteiger partial charge in [-0.25, -0.2) is 0 Å². The predicted molar refractivity (Wildman–Crippen MR) is 68.4 cm³/mol. The Balaban J connectivity index is 2.52. The van der Waals surface area contributed by atoms with Crippen LogP contribution in [-0.2, 0) is 20.3 Å². The van der Waals surface area contributed by atoms with Gasteiger partial charge in [0.2, 0.25) is 0 Å².